The highest BCUT2D eigenvalue weighted by Crippen LogP contribution is 2.23. The van der Waals surface area contributed by atoms with Gasteiger partial charge in [-0.05, 0) is 56.5 Å². The number of alkyl carbamates (subject to hydrolysis) is 1. The molecule has 5 heteroatoms. The SMILES string of the molecule is Cc1cc(OCc2ccccc2)ccc1C(O)CNC(=O)OC(C)(C)C. The first-order valence-electron chi connectivity index (χ1n) is 8.67. The summed E-state index contributed by atoms with van der Waals surface area (Å²) < 4.78 is 11.0. The van der Waals surface area contributed by atoms with Crippen molar-refractivity contribution in [2.75, 3.05) is 6.54 Å². The number of aryl methyl sites for hydroxylation is 1. The quantitative estimate of drug-likeness (QED) is 0.816. The fourth-order valence-electron chi connectivity index (χ4n) is 2.46. The molecule has 0 radical (unpaired) electrons. The van der Waals surface area contributed by atoms with Crippen LogP contribution in [0.3, 0.4) is 0 Å². The zero-order valence-electron chi connectivity index (χ0n) is 15.8. The highest BCUT2D eigenvalue weighted by molar-refractivity contribution is 5.67. The highest BCUT2D eigenvalue weighted by Gasteiger charge is 2.18. The lowest BCUT2D eigenvalue weighted by molar-refractivity contribution is 0.0491. The molecule has 0 aliphatic heterocycles. The van der Waals surface area contributed by atoms with Crippen LogP contribution in [-0.4, -0.2) is 23.3 Å². The molecule has 0 spiro atoms. The first-order valence-corrected chi connectivity index (χ1v) is 8.67. The Balaban J connectivity index is 1.90. The van der Waals surface area contributed by atoms with E-state index < -0.39 is 17.8 Å². The second-order valence-corrected chi connectivity index (χ2v) is 7.19. The minimum atomic E-state index is -0.814. The standard InChI is InChI=1S/C21H27NO4/c1-15-12-17(25-14-16-8-6-5-7-9-16)10-11-18(15)19(23)13-22-20(24)26-21(2,3)4/h5-12,19,23H,13-14H2,1-4H3,(H,22,24). The molecule has 2 N–H and O–H groups in total. The number of carbonyl (C=O) groups is 1. The van der Waals surface area contributed by atoms with Crippen molar-refractivity contribution in [3.8, 4) is 5.75 Å². The van der Waals surface area contributed by atoms with Crippen molar-refractivity contribution < 1.29 is 19.4 Å². The number of hydrogen-bond donors (Lipinski definition) is 2. The van der Waals surface area contributed by atoms with Crippen LogP contribution in [0.5, 0.6) is 5.75 Å². The van der Waals surface area contributed by atoms with Crippen LogP contribution >= 0.6 is 0 Å². The summed E-state index contributed by atoms with van der Waals surface area (Å²) in [6.07, 6.45) is -1.36. The fourth-order valence-corrected chi connectivity index (χ4v) is 2.46. The van der Waals surface area contributed by atoms with Crippen molar-refractivity contribution in [1.29, 1.82) is 0 Å². The normalized spacial score (nSPS) is 12.3. The third-order valence-corrected chi connectivity index (χ3v) is 3.69. The zero-order valence-corrected chi connectivity index (χ0v) is 15.8. The smallest absolute Gasteiger partial charge is 0.407 e. The molecule has 0 fully saturated rings. The van der Waals surface area contributed by atoms with Crippen LogP contribution in [0.25, 0.3) is 0 Å². The lowest BCUT2D eigenvalue weighted by atomic mass is 10.0. The van der Waals surface area contributed by atoms with Gasteiger partial charge in [-0.3, -0.25) is 0 Å². The third-order valence-electron chi connectivity index (χ3n) is 3.69. The summed E-state index contributed by atoms with van der Waals surface area (Å²) in [5.41, 5.74) is 2.17. The Hall–Kier alpha value is -2.53. The van der Waals surface area contributed by atoms with E-state index in [2.05, 4.69) is 5.32 Å². The van der Waals surface area contributed by atoms with E-state index in [9.17, 15) is 9.90 Å². The van der Waals surface area contributed by atoms with E-state index in [-0.39, 0.29) is 6.54 Å². The number of carbonyl (C=O) groups excluding carboxylic acids is 1. The van der Waals surface area contributed by atoms with Gasteiger partial charge in [0.15, 0.2) is 0 Å². The average molecular weight is 357 g/mol. The molecule has 0 aromatic heterocycles. The molecule has 0 bridgehead atoms. The summed E-state index contributed by atoms with van der Waals surface area (Å²) in [7, 11) is 0. The number of benzene rings is 2. The summed E-state index contributed by atoms with van der Waals surface area (Å²) in [5.74, 6) is 0.738. The molecule has 0 heterocycles. The fraction of sp³-hybridized carbons (Fsp3) is 0.381. The topological polar surface area (TPSA) is 67.8 Å². The van der Waals surface area contributed by atoms with Crippen LogP contribution in [0.4, 0.5) is 4.79 Å². The van der Waals surface area contributed by atoms with Gasteiger partial charge in [-0.2, -0.15) is 0 Å². The molecular formula is C21H27NO4. The number of hydrogen-bond acceptors (Lipinski definition) is 4. The van der Waals surface area contributed by atoms with Crippen LogP contribution in [0.15, 0.2) is 48.5 Å². The molecule has 5 nitrogen and oxygen atoms in total. The van der Waals surface area contributed by atoms with E-state index in [1.54, 1.807) is 20.8 Å². The maximum atomic E-state index is 11.7. The van der Waals surface area contributed by atoms with Gasteiger partial charge >= 0.3 is 6.09 Å². The van der Waals surface area contributed by atoms with Crippen LogP contribution < -0.4 is 10.1 Å². The van der Waals surface area contributed by atoms with Gasteiger partial charge in [0.2, 0.25) is 0 Å². The number of rotatable bonds is 6. The van der Waals surface area contributed by atoms with Crippen LogP contribution in [-0.2, 0) is 11.3 Å². The van der Waals surface area contributed by atoms with Gasteiger partial charge in [-0.25, -0.2) is 4.79 Å². The number of aliphatic hydroxyl groups excluding tert-OH is 1. The van der Waals surface area contributed by atoms with E-state index in [1.165, 1.54) is 0 Å². The van der Waals surface area contributed by atoms with Crippen LogP contribution in [0.1, 0.15) is 43.6 Å². The van der Waals surface area contributed by atoms with E-state index >= 15 is 0 Å². The van der Waals surface area contributed by atoms with Crippen LogP contribution in [0.2, 0.25) is 0 Å². The Morgan fingerprint density at radius 1 is 1.15 bits per heavy atom. The average Bonchev–Trinajstić information content (AvgIpc) is 2.57. The van der Waals surface area contributed by atoms with Gasteiger partial charge in [0.1, 0.15) is 18.0 Å². The van der Waals surface area contributed by atoms with Gasteiger partial charge < -0.3 is 19.9 Å². The van der Waals surface area contributed by atoms with Crippen molar-refractivity contribution in [2.45, 2.75) is 46.0 Å². The van der Waals surface area contributed by atoms with Crippen molar-refractivity contribution in [1.82, 2.24) is 5.32 Å². The van der Waals surface area contributed by atoms with Gasteiger partial charge in [0.05, 0.1) is 12.6 Å². The predicted molar refractivity (Wildman–Crippen MR) is 101 cm³/mol. The molecule has 0 saturated carbocycles. The minimum absolute atomic E-state index is 0.0833. The van der Waals surface area contributed by atoms with Crippen molar-refractivity contribution >= 4 is 6.09 Å². The molecule has 1 atom stereocenters. The minimum Gasteiger partial charge on any atom is -0.489 e. The van der Waals surface area contributed by atoms with Crippen molar-refractivity contribution in [2.24, 2.45) is 0 Å². The largest absolute Gasteiger partial charge is 0.489 e. The van der Waals surface area contributed by atoms with E-state index in [1.807, 2.05) is 55.5 Å². The zero-order chi connectivity index (χ0) is 19.2. The third kappa shape index (κ3) is 6.41. The number of aliphatic hydroxyl groups is 1. The summed E-state index contributed by atoms with van der Waals surface area (Å²) in [5, 5.41) is 12.9. The molecule has 0 saturated heterocycles. The Kier molecular flexibility index (Phi) is 6.64. The van der Waals surface area contributed by atoms with Gasteiger partial charge in [-0.1, -0.05) is 36.4 Å². The second kappa shape index (κ2) is 8.72. The number of nitrogens with one attached hydrogen (secondary N) is 1. The van der Waals surface area contributed by atoms with Gasteiger partial charge in [0.25, 0.3) is 0 Å². The summed E-state index contributed by atoms with van der Waals surface area (Å²) in [6.45, 7) is 7.85. The second-order valence-electron chi connectivity index (χ2n) is 7.19. The summed E-state index contributed by atoms with van der Waals surface area (Å²) in [4.78, 5) is 11.7. The maximum absolute atomic E-state index is 11.7. The van der Waals surface area contributed by atoms with Gasteiger partial charge in [-0.15, -0.1) is 0 Å². The summed E-state index contributed by atoms with van der Waals surface area (Å²) in [6, 6.07) is 15.5. The lowest BCUT2D eigenvalue weighted by Gasteiger charge is -2.21. The molecule has 1 amide bonds. The number of ether oxygens (including phenoxy) is 2. The molecule has 0 aliphatic rings. The molecule has 26 heavy (non-hydrogen) atoms. The van der Waals surface area contributed by atoms with Crippen molar-refractivity contribution in [3.63, 3.8) is 0 Å². The monoisotopic (exact) mass is 357 g/mol. The predicted octanol–water partition coefficient (Wildman–Crippen LogP) is 4.13. The highest BCUT2D eigenvalue weighted by atomic mass is 16.6. The van der Waals surface area contributed by atoms with Crippen molar-refractivity contribution in [3.05, 3.63) is 65.2 Å². The first-order chi connectivity index (χ1) is 12.2. The Labute approximate surface area is 155 Å². The lowest BCUT2D eigenvalue weighted by Crippen LogP contribution is -2.34. The van der Waals surface area contributed by atoms with E-state index in [4.69, 9.17) is 9.47 Å². The Morgan fingerprint density at radius 3 is 2.46 bits per heavy atom. The maximum Gasteiger partial charge on any atom is 0.407 e. The van der Waals surface area contributed by atoms with Gasteiger partial charge in [0, 0.05) is 0 Å². The molecule has 140 valence electrons. The molecule has 2 aromatic rings. The number of amides is 1. The molecular weight excluding hydrogens is 330 g/mol. The van der Waals surface area contributed by atoms with Crippen LogP contribution in [0, 0.1) is 6.92 Å². The Bertz CT molecular complexity index is 723. The molecule has 2 aromatic carbocycles. The molecule has 2 rings (SSSR count). The summed E-state index contributed by atoms with van der Waals surface area (Å²) >= 11 is 0. The first kappa shape index (κ1) is 19.8. The van der Waals surface area contributed by atoms with E-state index in [0.29, 0.717) is 6.61 Å². The molecule has 0 aliphatic carbocycles. The van der Waals surface area contributed by atoms with E-state index in [0.717, 1.165) is 22.4 Å². The molecule has 1 unspecified atom stereocenters. The Morgan fingerprint density at radius 2 is 1.85 bits per heavy atom.